The van der Waals surface area contributed by atoms with Gasteiger partial charge in [0.15, 0.2) is 0 Å². The third-order valence-electron chi connectivity index (χ3n) is 5.87. The molecule has 1 heterocycles. The van der Waals surface area contributed by atoms with Crippen molar-refractivity contribution in [1.82, 2.24) is 9.80 Å². The Labute approximate surface area is 202 Å². The molecule has 0 spiro atoms. The number of hydrogen-bond acceptors (Lipinski definition) is 4. The van der Waals surface area contributed by atoms with E-state index in [1.54, 1.807) is 36.4 Å². The van der Waals surface area contributed by atoms with Gasteiger partial charge in [-0.2, -0.15) is 0 Å². The highest BCUT2D eigenvalue weighted by molar-refractivity contribution is 5.98. The van der Waals surface area contributed by atoms with Crippen LogP contribution in [0.5, 0.6) is 0 Å². The van der Waals surface area contributed by atoms with Crippen molar-refractivity contribution in [2.75, 3.05) is 43.4 Å². The Hall–Kier alpha value is -3.35. The van der Waals surface area contributed by atoms with E-state index >= 15 is 0 Å². The standard InChI is InChI=1S/C27H36N4O3/c1-3-14-30(15-4-2)26(33)21-10-8-12-23(18-21)28-20-25(32)29-24-13-9-11-22(19-24)27(34)31-16-6-5-7-17-31/h8-13,18-19,28H,3-7,14-17,20H2,1-2H3,(H,29,32). The van der Waals surface area contributed by atoms with Crippen LogP contribution in [0, 0.1) is 0 Å². The molecule has 0 aromatic heterocycles. The number of hydrogen-bond donors (Lipinski definition) is 2. The fraction of sp³-hybridized carbons (Fsp3) is 0.444. The van der Waals surface area contributed by atoms with Crippen LogP contribution in [0.1, 0.15) is 66.7 Å². The summed E-state index contributed by atoms with van der Waals surface area (Å²) < 4.78 is 0. The number of nitrogens with zero attached hydrogens (tertiary/aromatic N) is 2. The van der Waals surface area contributed by atoms with Crippen molar-refractivity contribution in [1.29, 1.82) is 0 Å². The van der Waals surface area contributed by atoms with Gasteiger partial charge in [0.2, 0.25) is 5.91 Å². The highest BCUT2D eigenvalue weighted by Gasteiger charge is 2.18. The molecule has 0 bridgehead atoms. The summed E-state index contributed by atoms with van der Waals surface area (Å²) in [4.78, 5) is 41.8. The number of benzene rings is 2. The molecule has 1 aliphatic rings. The van der Waals surface area contributed by atoms with Gasteiger partial charge in [-0.15, -0.1) is 0 Å². The molecule has 0 radical (unpaired) electrons. The van der Waals surface area contributed by atoms with Gasteiger partial charge in [0.25, 0.3) is 11.8 Å². The SMILES string of the molecule is CCCN(CCC)C(=O)c1cccc(NCC(=O)Nc2cccc(C(=O)N3CCCCC3)c2)c1. The van der Waals surface area contributed by atoms with Gasteiger partial charge < -0.3 is 20.4 Å². The van der Waals surface area contributed by atoms with Crippen molar-refractivity contribution in [3.8, 4) is 0 Å². The first-order chi connectivity index (χ1) is 16.5. The molecule has 2 aromatic carbocycles. The molecule has 182 valence electrons. The Morgan fingerprint density at radius 2 is 1.47 bits per heavy atom. The lowest BCUT2D eigenvalue weighted by Crippen LogP contribution is -2.35. The number of nitrogens with one attached hydrogen (secondary N) is 2. The Morgan fingerprint density at radius 3 is 2.15 bits per heavy atom. The van der Waals surface area contributed by atoms with Crippen LogP contribution in [0.2, 0.25) is 0 Å². The topological polar surface area (TPSA) is 81.8 Å². The van der Waals surface area contributed by atoms with Crippen LogP contribution in [0.4, 0.5) is 11.4 Å². The molecule has 0 saturated carbocycles. The third-order valence-corrected chi connectivity index (χ3v) is 5.87. The largest absolute Gasteiger partial charge is 0.376 e. The van der Waals surface area contributed by atoms with Gasteiger partial charge in [-0.05, 0) is 68.5 Å². The van der Waals surface area contributed by atoms with Gasteiger partial charge in [-0.1, -0.05) is 26.0 Å². The summed E-state index contributed by atoms with van der Waals surface area (Å²) in [5.74, 6) is -0.208. The lowest BCUT2D eigenvalue weighted by Gasteiger charge is -2.26. The molecule has 0 atom stereocenters. The highest BCUT2D eigenvalue weighted by Crippen LogP contribution is 2.17. The summed E-state index contributed by atoms with van der Waals surface area (Å²) >= 11 is 0. The average molecular weight is 465 g/mol. The van der Waals surface area contributed by atoms with Gasteiger partial charge >= 0.3 is 0 Å². The normalized spacial score (nSPS) is 13.3. The summed E-state index contributed by atoms with van der Waals surface area (Å²) in [6.07, 6.45) is 5.06. The molecule has 34 heavy (non-hydrogen) atoms. The number of carbonyl (C=O) groups excluding carboxylic acids is 3. The number of anilines is 2. The molecule has 7 heteroatoms. The first kappa shape index (κ1) is 25.3. The molecule has 0 unspecified atom stereocenters. The predicted octanol–water partition coefficient (Wildman–Crippen LogP) is 4.63. The van der Waals surface area contributed by atoms with Gasteiger partial charge in [-0.25, -0.2) is 0 Å². The van der Waals surface area contributed by atoms with E-state index in [2.05, 4.69) is 24.5 Å². The molecule has 3 amide bonds. The second-order valence-electron chi connectivity index (χ2n) is 8.71. The van der Waals surface area contributed by atoms with E-state index in [-0.39, 0.29) is 24.3 Å². The number of rotatable bonds is 10. The lowest BCUT2D eigenvalue weighted by atomic mass is 10.1. The molecule has 2 N–H and O–H groups in total. The van der Waals surface area contributed by atoms with E-state index in [9.17, 15) is 14.4 Å². The molecule has 1 fully saturated rings. The zero-order chi connectivity index (χ0) is 24.3. The van der Waals surface area contributed by atoms with Crippen molar-refractivity contribution in [2.24, 2.45) is 0 Å². The maximum atomic E-state index is 12.8. The van der Waals surface area contributed by atoms with Crippen LogP contribution in [0.15, 0.2) is 48.5 Å². The Balaban J connectivity index is 1.56. The van der Waals surface area contributed by atoms with Crippen LogP contribution in [0.3, 0.4) is 0 Å². The van der Waals surface area contributed by atoms with Crippen LogP contribution in [-0.4, -0.2) is 60.2 Å². The van der Waals surface area contributed by atoms with Crippen LogP contribution < -0.4 is 10.6 Å². The molecule has 0 aliphatic carbocycles. The van der Waals surface area contributed by atoms with Gasteiger partial charge in [0.05, 0.1) is 6.54 Å². The maximum absolute atomic E-state index is 12.8. The summed E-state index contributed by atoms with van der Waals surface area (Å²) in [6, 6.07) is 14.3. The summed E-state index contributed by atoms with van der Waals surface area (Å²) in [7, 11) is 0. The zero-order valence-corrected chi connectivity index (χ0v) is 20.3. The highest BCUT2D eigenvalue weighted by atomic mass is 16.2. The van der Waals surface area contributed by atoms with E-state index in [1.807, 2.05) is 21.9 Å². The minimum atomic E-state index is -0.224. The van der Waals surface area contributed by atoms with Crippen LogP contribution in [-0.2, 0) is 4.79 Å². The first-order valence-electron chi connectivity index (χ1n) is 12.3. The van der Waals surface area contributed by atoms with Crippen LogP contribution >= 0.6 is 0 Å². The summed E-state index contributed by atoms with van der Waals surface area (Å²) in [5.41, 5.74) is 2.50. The molecule has 1 aliphatic heterocycles. The van der Waals surface area contributed by atoms with Gasteiger partial charge in [0, 0.05) is 48.7 Å². The smallest absolute Gasteiger partial charge is 0.253 e. The quantitative estimate of drug-likeness (QED) is 0.537. The van der Waals surface area contributed by atoms with Crippen molar-refractivity contribution in [3.63, 3.8) is 0 Å². The monoisotopic (exact) mass is 464 g/mol. The van der Waals surface area contributed by atoms with Gasteiger partial charge in [0.1, 0.15) is 0 Å². The zero-order valence-electron chi connectivity index (χ0n) is 20.3. The molecule has 7 nitrogen and oxygen atoms in total. The average Bonchev–Trinajstić information content (AvgIpc) is 2.87. The second kappa shape index (κ2) is 12.8. The number of piperidine rings is 1. The van der Waals surface area contributed by atoms with Crippen molar-refractivity contribution in [2.45, 2.75) is 46.0 Å². The number of likely N-dealkylation sites (tertiary alicyclic amines) is 1. The molecule has 1 saturated heterocycles. The van der Waals surface area contributed by atoms with E-state index in [1.165, 1.54) is 6.42 Å². The third kappa shape index (κ3) is 7.07. The predicted molar refractivity (Wildman–Crippen MR) is 136 cm³/mol. The molecular weight excluding hydrogens is 428 g/mol. The van der Waals surface area contributed by atoms with E-state index in [0.29, 0.717) is 22.5 Å². The molecule has 3 rings (SSSR count). The maximum Gasteiger partial charge on any atom is 0.253 e. The van der Waals surface area contributed by atoms with E-state index in [0.717, 1.165) is 51.9 Å². The fourth-order valence-corrected chi connectivity index (χ4v) is 4.20. The number of carbonyl (C=O) groups is 3. The number of amides is 3. The second-order valence-corrected chi connectivity index (χ2v) is 8.71. The van der Waals surface area contributed by atoms with E-state index in [4.69, 9.17) is 0 Å². The van der Waals surface area contributed by atoms with Crippen molar-refractivity contribution >= 4 is 29.1 Å². The Kier molecular flexibility index (Phi) is 9.50. The van der Waals surface area contributed by atoms with Crippen molar-refractivity contribution < 1.29 is 14.4 Å². The first-order valence-corrected chi connectivity index (χ1v) is 12.3. The van der Waals surface area contributed by atoms with E-state index < -0.39 is 0 Å². The molecular formula is C27H36N4O3. The van der Waals surface area contributed by atoms with Gasteiger partial charge in [-0.3, -0.25) is 14.4 Å². The lowest BCUT2D eigenvalue weighted by molar-refractivity contribution is -0.114. The fourth-order valence-electron chi connectivity index (χ4n) is 4.20. The summed E-state index contributed by atoms with van der Waals surface area (Å²) in [6.45, 7) is 7.20. The summed E-state index contributed by atoms with van der Waals surface area (Å²) in [5, 5.41) is 5.95. The van der Waals surface area contributed by atoms with Crippen molar-refractivity contribution in [3.05, 3.63) is 59.7 Å². The Bertz CT molecular complexity index is 979. The Morgan fingerprint density at radius 1 is 0.853 bits per heavy atom. The molecule has 2 aromatic rings. The van der Waals surface area contributed by atoms with Crippen LogP contribution in [0.25, 0.3) is 0 Å². The minimum absolute atomic E-state index is 0.00647. The minimum Gasteiger partial charge on any atom is -0.376 e.